The van der Waals surface area contributed by atoms with Crippen LogP contribution in [0.3, 0.4) is 0 Å². The first-order valence-electron chi connectivity index (χ1n) is 15.8. The van der Waals surface area contributed by atoms with Crippen LogP contribution in [0.4, 0.5) is 5.95 Å². The molecule has 0 amide bonds. The number of imidazole rings is 1. The van der Waals surface area contributed by atoms with Gasteiger partial charge in [-0.05, 0) is 74.2 Å². The van der Waals surface area contributed by atoms with E-state index in [0.717, 1.165) is 56.8 Å². The molecule has 4 aliphatic carbocycles. The standard InChI is InChI=1S/C33H40N6O3/c1-36-29-28(30(41)39(32(36)42)20-27(40)33-15-22-12-23(16-33)14-24(13-22)17-33)38(10-5-8-21-6-3-2-4-7-21)31(35-29)37-11-9-25-18-34-19-26(25)37/h2-8,22-26,34H,9-20H2,1H3. The molecule has 0 radical (unpaired) electrons. The smallest absolute Gasteiger partial charge is 0.332 e. The average molecular weight is 569 g/mol. The number of benzene rings is 1. The van der Waals surface area contributed by atoms with Gasteiger partial charge in [0.15, 0.2) is 16.9 Å². The number of allylic oxidation sites excluding steroid dienone is 1. The second-order valence-electron chi connectivity index (χ2n) is 13.8. The number of nitrogens with zero attached hydrogens (tertiary/aromatic N) is 5. The molecule has 2 saturated heterocycles. The molecule has 6 fully saturated rings. The van der Waals surface area contributed by atoms with Crippen LogP contribution < -0.4 is 21.5 Å². The van der Waals surface area contributed by atoms with Crippen molar-refractivity contribution in [2.45, 2.75) is 64.1 Å². The molecule has 220 valence electrons. The highest BCUT2D eigenvalue weighted by Crippen LogP contribution is 2.60. The number of Topliss-reactive ketones (excluding diaryl/α,β-unsaturated/α-hetero) is 1. The molecule has 2 atom stereocenters. The Morgan fingerprint density at radius 2 is 1.74 bits per heavy atom. The highest BCUT2D eigenvalue weighted by Gasteiger charge is 2.54. The molecule has 4 heterocycles. The Bertz CT molecular complexity index is 1660. The van der Waals surface area contributed by atoms with Gasteiger partial charge in [-0.3, -0.25) is 18.7 Å². The fraction of sp³-hybridized carbons (Fsp3) is 0.576. The Labute approximate surface area is 245 Å². The molecule has 4 bridgehead atoms. The molecule has 2 aliphatic heterocycles. The summed E-state index contributed by atoms with van der Waals surface area (Å²) in [6.07, 6.45) is 11.7. The Morgan fingerprint density at radius 1 is 1.02 bits per heavy atom. The summed E-state index contributed by atoms with van der Waals surface area (Å²) < 4.78 is 4.66. The minimum atomic E-state index is -0.455. The fourth-order valence-corrected chi connectivity index (χ4v) is 9.61. The van der Waals surface area contributed by atoms with Gasteiger partial charge in [-0.25, -0.2) is 4.79 Å². The van der Waals surface area contributed by atoms with Gasteiger partial charge in [0.2, 0.25) is 5.95 Å². The topological polar surface area (TPSA) is 94.2 Å². The maximum absolute atomic E-state index is 14.3. The summed E-state index contributed by atoms with van der Waals surface area (Å²) in [5.74, 6) is 3.23. The second kappa shape index (κ2) is 9.79. The van der Waals surface area contributed by atoms with Crippen LogP contribution in [0.2, 0.25) is 0 Å². The van der Waals surface area contributed by atoms with E-state index < -0.39 is 11.2 Å². The van der Waals surface area contributed by atoms with Gasteiger partial charge >= 0.3 is 5.69 Å². The van der Waals surface area contributed by atoms with Crippen molar-refractivity contribution in [2.75, 3.05) is 24.5 Å². The monoisotopic (exact) mass is 568 g/mol. The highest BCUT2D eigenvalue weighted by atomic mass is 16.2. The number of nitrogens with one attached hydrogen (secondary N) is 1. The van der Waals surface area contributed by atoms with E-state index in [1.54, 1.807) is 7.05 Å². The zero-order chi connectivity index (χ0) is 28.6. The number of anilines is 1. The Morgan fingerprint density at radius 3 is 2.45 bits per heavy atom. The van der Waals surface area contributed by atoms with Crippen molar-refractivity contribution in [2.24, 2.45) is 36.1 Å². The Kier molecular flexibility index (Phi) is 6.11. The van der Waals surface area contributed by atoms with Crippen LogP contribution in [0.15, 0.2) is 46.0 Å². The fourth-order valence-electron chi connectivity index (χ4n) is 9.61. The van der Waals surface area contributed by atoms with Crippen LogP contribution in [0.5, 0.6) is 0 Å². The third-order valence-electron chi connectivity index (χ3n) is 11.2. The molecule has 3 aromatic rings. The van der Waals surface area contributed by atoms with Crippen LogP contribution in [0.25, 0.3) is 17.2 Å². The molecule has 2 unspecified atom stereocenters. The van der Waals surface area contributed by atoms with Crippen molar-refractivity contribution >= 4 is 29.0 Å². The zero-order valence-electron chi connectivity index (χ0n) is 24.4. The summed E-state index contributed by atoms with van der Waals surface area (Å²) in [4.78, 5) is 49.2. The molecular formula is C33H40N6O3. The van der Waals surface area contributed by atoms with Crippen LogP contribution >= 0.6 is 0 Å². The van der Waals surface area contributed by atoms with Crippen molar-refractivity contribution in [1.29, 1.82) is 0 Å². The van der Waals surface area contributed by atoms with Gasteiger partial charge in [-0.15, -0.1) is 0 Å². The summed E-state index contributed by atoms with van der Waals surface area (Å²) >= 11 is 0. The predicted molar refractivity (Wildman–Crippen MR) is 162 cm³/mol. The van der Waals surface area contributed by atoms with Gasteiger partial charge in [-0.1, -0.05) is 42.5 Å². The van der Waals surface area contributed by atoms with Crippen molar-refractivity contribution in [3.8, 4) is 0 Å². The van der Waals surface area contributed by atoms with Gasteiger partial charge in [-0.2, -0.15) is 4.98 Å². The third kappa shape index (κ3) is 4.07. The number of rotatable bonds is 7. The second-order valence-corrected chi connectivity index (χ2v) is 13.8. The third-order valence-corrected chi connectivity index (χ3v) is 11.2. The van der Waals surface area contributed by atoms with Crippen molar-refractivity contribution < 1.29 is 4.79 Å². The molecule has 42 heavy (non-hydrogen) atoms. The summed E-state index contributed by atoms with van der Waals surface area (Å²) in [6.45, 7) is 3.05. The van der Waals surface area contributed by atoms with Crippen LogP contribution in [0, 0.1) is 29.1 Å². The number of carbonyl (C=O) groups excluding carboxylic acids is 1. The number of fused-ring (bicyclic) bond motifs is 2. The lowest BCUT2D eigenvalue weighted by atomic mass is 9.48. The van der Waals surface area contributed by atoms with Gasteiger partial charge < -0.3 is 14.8 Å². The normalized spacial score (nSPS) is 31.5. The number of carbonyl (C=O) groups is 1. The van der Waals surface area contributed by atoms with E-state index in [2.05, 4.69) is 22.4 Å². The number of hydrogen-bond acceptors (Lipinski definition) is 6. The SMILES string of the molecule is Cn1c(=O)n(CC(=O)C23CC4CC(CC(C4)C2)C3)c(=O)c2c1nc(N1CCC3CNCC31)n2CC=Cc1ccccc1. The molecular weight excluding hydrogens is 528 g/mol. The first-order valence-corrected chi connectivity index (χ1v) is 15.8. The minimum Gasteiger partial charge on any atom is -0.338 e. The van der Waals surface area contributed by atoms with Gasteiger partial charge in [0, 0.05) is 44.7 Å². The summed E-state index contributed by atoms with van der Waals surface area (Å²) in [5.41, 5.74) is 0.647. The molecule has 9 rings (SSSR count). The molecule has 9 nitrogen and oxygen atoms in total. The van der Waals surface area contributed by atoms with E-state index in [1.807, 2.05) is 34.9 Å². The van der Waals surface area contributed by atoms with Crippen LogP contribution in [-0.2, 0) is 24.9 Å². The number of aryl methyl sites for hydroxylation is 1. The summed E-state index contributed by atoms with van der Waals surface area (Å²) in [6, 6.07) is 10.4. The molecule has 1 N–H and O–H groups in total. The first kappa shape index (κ1) is 26.2. The Balaban J connectivity index is 1.21. The van der Waals surface area contributed by atoms with Gasteiger partial charge in [0.1, 0.15) is 0 Å². The molecule has 2 aromatic heterocycles. The lowest BCUT2D eigenvalue weighted by molar-refractivity contribution is -0.144. The van der Waals surface area contributed by atoms with E-state index in [1.165, 1.54) is 28.4 Å². The molecule has 9 heteroatoms. The minimum absolute atomic E-state index is 0.0785. The van der Waals surface area contributed by atoms with Crippen molar-refractivity contribution in [1.82, 2.24) is 24.0 Å². The Hall–Kier alpha value is -3.46. The molecule has 1 aromatic carbocycles. The average Bonchev–Trinajstić information content (AvgIpc) is 3.69. The van der Waals surface area contributed by atoms with E-state index in [0.29, 0.717) is 47.4 Å². The van der Waals surface area contributed by atoms with Crippen LogP contribution in [0.1, 0.15) is 50.5 Å². The predicted octanol–water partition coefficient (Wildman–Crippen LogP) is 3.19. The molecule has 0 spiro atoms. The van der Waals surface area contributed by atoms with E-state index in [-0.39, 0.29) is 17.7 Å². The first-order chi connectivity index (χ1) is 20.4. The van der Waals surface area contributed by atoms with Gasteiger partial charge in [0.25, 0.3) is 5.56 Å². The maximum atomic E-state index is 14.3. The largest absolute Gasteiger partial charge is 0.338 e. The van der Waals surface area contributed by atoms with E-state index >= 15 is 0 Å². The number of hydrogen-bond donors (Lipinski definition) is 1. The summed E-state index contributed by atoms with van der Waals surface area (Å²) in [7, 11) is 1.68. The molecule has 6 aliphatic rings. The van der Waals surface area contributed by atoms with Crippen molar-refractivity contribution in [3.05, 3.63) is 62.8 Å². The number of aromatic nitrogens is 4. The highest BCUT2D eigenvalue weighted by molar-refractivity contribution is 5.85. The lowest BCUT2D eigenvalue weighted by Gasteiger charge is -2.56. The van der Waals surface area contributed by atoms with Crippen LogP contribution in [-0.4, -0.2) is 50.1 Å². The maximum Gasteiger partial charge on any atom is 0.332 e. The zero-order valence-corrected chi connectivity index (χ0v) is 24.4. The lowest BCUT2D eigenvalue weighted by Crippen LogP contribution is -2.52. The quantitative estimate of drug-likeness (QED) is 0.471. The van der Waals surface area contributed by atoms with Crippen molar-refractivity contribution in [3.63, 3.8) is 0 Å². The number of ketones is 1. The van der Waals surface area contributed by atoms with E-state index in [4.69, 9.17) is 4.98 Å². The van der Waals surface area contributed by atoms with E-state index in [9.17, 15) is 14.4 Å². The molecule has 4 saturated carbocycles. The summed E-state index contributed by atoms with van der Waals surface area (Å²) in [5, 5.41) is 3.51. The van der Waals surface area contributed by atoms with Gasteiger partial charge in [0.05, 0.1) is 6.54 Å².